The Hall–Kier alpha value is -3.75. The molecule has 0 aliphatic rings. The minimum Gasteiger partial charge on any atom is -0.425 e. The van der Waals surface area contributed by atoms with Crippen molar-refractivity contribution in [2.75, 3.05) is 0 Å². The highest BCUT2D eigenvalue weighted by atomic mass is 32.2. The van der Waals surface area contributed by atoms with E-state index in [0.717, 1.165) is 22.1 Å². The van der Waals surface area contributed by atoms with Crippen molar-refractivity contribution in [3.63, 3.8) is 0 Å². The minimum atomic E-state index is -3.95. The quantitative estimate of drug-likeness (QED) is 0.178. The molecule has 4 rings (SSSR count). The summed E-state index contributed by atoms with van der Waals surface area (Å²) in [6, 6.07) is 19.8. The Kier molecular flexibility index (Phi) is 8.14. The second-order valence-electron chi connectivity index (χ2n) is 9.85. The number of aryl methyl sites for hydroxylation is 2. The maximum absolute atomic E-state index is 13.1. The molecule has 0 saturated heterocycles. The van der Waals surface area contributed by atoms with Crippen molar-refractivity contribution < 1.29 is 22.4 Å². The van der Waals surface area contributed by atoms with E-state index in [1.54, 1.807) is 24.3 Å². The van der Waals surface area contributed by atoms with Gasteiger partial charge in [0.05, 0.1) is 4.90 Å². The smallest absolute Gasteiger partial charge is 0.340 e. The third-order valence-electron chi connectivity index (χ3n) is 6.32. The van der Waals surface area contributed by atoms with Gasteiger partial charge in [-0.3, -0.25) is 0 Å². The van der Waals surface area contributed by atoms with Crippen LogP contribution in [0.5, 0.6) is 5.75 Å². The molecule has 1 aromatic heterocycles. The molecule has 0 amide bonds. The summed E-state index contributed by atoms with van der Waals surface area (Å²) in [5, 5.41) is 0.731. The van der Waals surface area contributed by atoms with Crippen LogP contribution in [-0.4, -0.2) is 20.4 Å². The van der Waals surface area contributed by atoms with Gasteiger partial charge in [-0.25, -0.2) is 18.0 Å². The van der Waals surface area contributed by atoms with Gasteiger partial charge in [-0.15, -0.1) is 0 Å². The second-order valence-corrected chi connectivity index (χ2v) is 11.6. The molecular weight excluding hydrogens is 502 g/mol. The first-order chi connectivity index (χ1) is 18.0. The molecule has 1 heterocycles. The van der Waals surface area contributed by atoms with Gasteiger partial charge in [0.2, 0.25) is 10.0 Å². The lowest BCUT2D eigenvalue weighted by atomic mass is 10.00. The molecule has 0 aliphatic heterocycles. The molecule has 0 aliphatic carbocycles. The number of esters is 1. The first kappa shape index (κ1) is 27.3. The van der Waals surface area contributed by atoms with E-state index in [1.807, 2.05) is 58.0 Å². The van der Waals surface area contributed by atoms with Crippen LogP contribution in [0.3, 0.4) is 0 Å². The monoisotopic (exact) mass is 533 g/mol. The summed E-state index contributed by atoms with van der Waals surface area (Å²) in [6.45, 7) is 7.50. The summed E-state index contributed by atoms with van der Waals surface area (Å²) in [7, 11) is -3.95. The molecule has 4 aromatic rings. The number of carbonyl (C=O) groups excluding carboxylic acids is 1. The van der Waals surface area contributed by atoms with Crippen LogP contribution in [0, 0.1) is 19.8 Å². The lowest BCUT2D eigenvalue weighted by Crippen LogP contribution is -2.43. The van der Waals surface area contributed by atoms with E-state index in [9.17, 15) is 18.0 Å². The molecule has 0 radical (unpaired) electrons. The lowest BCUT2D eigenvalue weighted by Gasteiger charge is -2.19. The number of hydrogen-bond donors (Lipinski definition) is 1. The van der Waals surface area contributed by atoms with E-state index in [-0.39, 0.29) is 28.6 Å². The molecule has 3 aromatic carbocycles. The maximum atomic E-state index is 13.1. The third-order valence-corrected chi connectivity index (χ3v) is 7.81. The molecule has 38 heavy (non-hydrogen) atoms. The molecule has 0 unspecified atom stereocenters. The van der Waals surface area contributed by atoms with E-state index < -0.39 is 27.7 Å². The number of fused-ring (bicyclic) bond motifs is 1. The zero-order chi connectivity index (χ0) is 27.4. The van der Waals surface area contributed by atoms with Gasteiger partial charge < -0.3 is 9.15 Å². The van der Waals surface area contributed by atoms with Crippen molar-refractivity contribution in [2.45, 2.75) is 51.5 Å². The first-order valence-electron chi connectivity index (χ1n) is 12.4. The SMILES string of the molecule is Cc1ccc(S(=O)(=O)N[C@H](CC(C)C)C(=O)Oc2ccc3c(C)c(Cc4ccccc4)c(=O)oc3c2)cc1. The average molecular weight is 534 g/mol. The van der Waals surface area contributed by atoms with Gasteiger partial charge in [-0.05, 0) is 61.6 Å². The Morgan fingerprint density at radius 1 is 0.974 bits per heavy atom. The van der Waals surface area contributed by atoms with Gasteiger partial charge in [-0.2, -0.15) is 4.72 Å². The predicted octanol–water partition coefficient (Wildman–Crippen LogP) is 5.30. The molecule has 1 N–H and O–H groups in total. The first-order valence-corrected chi connectivity index (χ1v) is 13.9. The summed E-state index contributed by atoms with van der Waals surface area (Å²) in [5.41, 5.74) is 3.11. The number of sulfonamides is 1. The highest BCUT2D eigenvalue weighted by Gasteiger charge is 2.28. The Balaban J connectivity index is 1.58. The number of ether oxygens (including phenoxy) is 1. The van der Waals surface area contributed by atoms with Crippen LogP contribution in [0.4, 0.5) is 0 Å². The Morgan fingerprint density at radius 2 is 1.66 bits per heavy atom. The highest BCUT2D eigenvalue weighted by Crippen LogP contribution is 2.26. The molecule has 0 bridgehead atoms. The van der Waals surface area contributed by atoms with Gasteiger partial charge in [0.25, 0.3) is 0 Å². The molecule has 7 nitrogen and oxygen atoms in total. The largest absolute Gasteiger partial charge is 0.425 e. The zero-order valence-corrected chi connectivity index (χ0v) is 22.7. The summed E-state index contributed by atoms with van der Waals surface area (Å²) in [5.74, 6) is -0.564. The van der Waals surface area contributed by atoms with Gasteiger partial charge in [-0.1, -0.05) is 61.9 Å². The minimum absolute atomic E-state index is 0.0218. The molecular formula is C30H31NO6S. The van der Waals surface area contributed by atoms with E-state index in [0.29, 0.717) is 12.0 Å². The van der Waals surface area contributed by atoms with Crippen molar-refractivity contribution >= 4 is 27.0 Å². The number of carbonyl (C=O) groups is 1. The van der Waals surface area contributed by atoms with Crippen molar-refractivity contribution in [2.24, 2.45) is 5.92 Å². The van der Waals surface area contributed by atoms with E-state index >= 15 is 0 Å². The van der Waals surface area contributed by atoms with Crippen LogP contribution in [0.2, 0.25) is 0 Å². The molecule has 8 heteroatoms. The number of benzene rings is 3. The van der Waals surface area contributed by atoms with E-state index in [2.05, 4.69) is 4.72 Å². The van der Waals surface area contributed by atoms with Crippen LogP contribution in [-0.2, 0) is 21.2 Å². The Morgan fingerprint density at radius 3 is 2.32 bits per heavy atom. The molecule has 0 saturated carbocycles. The fourth-order valence-electron chi connectivity index (χ4n) is 4.27. The van der Waals surface area contributed by atoms with Crippen molar-refractivity contribution in [3.05, 3.63) is 105 Å². The molecule has 198 valence electrons. The molecule has 0 fully saturated rings. The third kappa shape index (κ3) is 6.38. The number of rotatable bonds is 9. The average Bonchev–Trinajstić information content (AvgIpc) is 2.86. The van der Waals surface area contributed by atoms with E-state index in [1.165, 1.54) is 18.2 Å². The van der Waals surface area contributed by atoms with Crippen molar-refractivity contribution in [1.29, 1.82) is 0 Å². The Labute approximate surface area is 222 Å². The van der Waals surface area contributed by atoms with Gasteiger partial charge in [0, 0.05) is 23.4 Å². The summed E-state index contributed by atoms with van der Waals surface area (Å²) < 4.78 is 39.5. The van der Waals surface area contributed by atoms with Gasteiger partial charge in [0.1, 0.15) is 17.4 Å². The van der Waals surface area contributed by atoms with Crippen molar-refractivity contribution in [3.8, 4) is 5.75 Å². The highest BCUT2D eigenvalue weighted by molar-refractivity contribution is 7.89. The fraction of sp³-hybridized carbons (Fsp3) is 0.267. The van der Waals surface area contributed by atoms with E-state index in [4.69, 9.17) is 9.15 Å². The fourth-order valence-corrected chi connectivity index (χ4v) is 5.46. The van der Waals surface area contributed by atoms with Crippen LogP contribution in [0.1, 0.15) is 42.5 Å². The Bertz CT molecular complexity index is 1610. The number of nitrogens with one attached hydrogen (secondary N) is 1. The van der Waals surface area contributed by atoms with Crippen molar-refractivity contribution in [1.82, 2.24) is 4.72 Å². The second kappa shape index (κ2) is 11.3. The van der Waals surface area contributed by atoms with Gasteiger partial charge in [0.15, 0.2) is 0 Å². The lowest BCUT2D eigenvalue weighted by molar-refractivity contribution is -0.136. The van der Waals surface area contributed by atoms with Crippen LogP contribution < -0.4 is 15.1 Å². The van der Waals surface area contributed by atoms with Crippen LogP contribution in [0.15, 0.2) is 86.9 Å². The zero-order valence-electron chi connectivity index (χ0n) is 21.9. The van der Waals surface area contributed by atoms with Gasteiger partial charge >= 0.3 is 11.6 Å². The summed E-state index contributed by atoms with van der Waals surface area (Å²) >= 11 is 0. The maximum Gasteiger partial charge on any atom is 0.340 e. The van der Waals surface area contributed by atoms with Crippen LogP contribution >= 0.6 is 0 Å². The predicted molar refractivity (Wildman–Crippen MR) is 147 cm³/mol. The normalized spacial score (nSPS) is 12.6. The summed E-state index contributed by atoms with van der Waals surface area (Å²) in [4.78, 5) is 25.9. The summed E-state index contributed by atoms with van der Waals surface area (Å²) in [6.07, 6.45) is 0.689. The standard InChI is InChI=1S/C30H31NO6S/c1-19(2)16-27(31-38(34,35)24-13-10-20(3)11-14-24)30(33)36-23-12-15-25-21(4)26(29(32)37-28(25)18-23)17-22-8-6-5-7-9-22/h5-15,18-19,27,31H,16-17H2,1-4H3/t27-/m1/s1. The molecule has 1 atom stereocenters. The number of hydrogen-bond acceptors (Lipinski definition) is 6. The topological polar surface area (TPSA) is 103 Å². The van der Waals surface area contributed by atoms with Crippen LogP contribution in [0.25, 0.3) is 11.0 Å². The molecule has 0 spiro atoms.